The fraction of sp³-hybridized carbons (Fsp3) is 0.391. The molecule has 7 nitrogen and oxygen atoms in total. The maximum absolute atomic E-state index is 11.8. The van der Waals surface area contributed by atoms with E-state index in [9.17, 15) is 9.90 Å². The van der Waals surface area contributed by atoms with Crippen molar-refractivity contribution in [3.63, 3.8) is 0 Å². The lowest BCUT2D eigenvalue weighted by Crippen LogP contribution is -2.59. The summed E-state index contributed by atoms with van der Waals surface area (Å²) in [6.45, 7) is 2.92. The van der Waals surface area contributed by atoms with Gasteiger partial charge < -0.3 is 19.5 Å². The van der Waals surface area contributed by atoms with Crippen LogP contribution in [0.15, 0.2) is 47.6 Å². The van der Waals surface area contributed by atoms with E-state index in [0.717, 1.165) is 29.0 Å². The molecule has 7 heteroatoms. The van der Waals surface area contributed by atoms with Gasteiger partial charge in [0.1, 0.15) is 5.75 Å². The van der Waals surface area contributed by atoms with Crippen molar-refractivity contribution in [2.45, 2.75) is 38.0 Å². The second-order valence-electron chi connectivity index (χ2n) is 8.09. The molecule has 3 aliphatic rings. The van der Waals surface area contributed by atoms with Gasteiger partial charge in [-0.05, 0) is 24.3 Å². The molecular weight excluding hydrogens is 382 g/mol. The first-order chi connectivity index (χ1) is 14.5. The van der Waals surface area contributed by atoms with Crippen LogP contribution in [-0.4, -0.2) is 52.6 Å². The number of phenols is 1. The first-order valence-corrected chi connectivity index (χ1v) is 10.3. The second kappa shape index (κ2) is 6.93. The minimum atomic E-state index is -0.562. The maximum atomic E-state index is 11.8. The number of benzene rings is 2. The number of hydrogen-bond acceptors (Lipinski definition) is 6. The molecule has 156 valence electrons. The van der Waals surface area contributed by atoms with E-state index in [2.05, 4.69) is 11.1 Å². The highest BCUT2D eigenvalue weighted by Gasteiger charge is 2.52. The molecule has 1 unspecified atom stereocenters. The van der Waals surface area contributed by atoms with Crippen molar-refractivity contribution in [2.75, 3.05) is 20.2 Å². The number of likely N-dealkylation sites (tertiary alicyclic amines) is 1. The molecule has 1 atom stereocenters. The van der Waals surface area contributed by atoms with Gasteiger partial charge >= 0.3 is 0 Å². The molecule has 3 aliphatic heterocycles. The number of phenolic OH excluding ortho intramolecular Hbond substituents is 1. The quantitative estimate of drug-likeness (QED) is 0.827. The molecule has 0 bridgehead atoms. The monoisotopic (exact) mass is 407 g/mol. The van der Waals surface area contributed by atoms with Crippen LogP contribution >= 0.6 is 0 Å². The fourth-order valence-electron chi connectivity index (χ4n) is 4.76. The smallest absolute Gasteiger partial charge is 0.219 e. The summed E-state index contributed by atoms with van der Waals surface area (Å²) >= 11 is 0. The van der Waals surface area contributed by atoms with Crippen LogP contribution in [-0.2, 0) is 4.79 Å². The van der Waals surface area contributed by atoms with Gasteiger partial charge in [0.2, 0.25) is 11.6 Å². The van der Waals surface area contributed by atoms with E-state index in [0.29, 0.717) is 31.7 Å². The lowest BCUT2D eigenvalue weighted by atomic mass is 9.90. The molecule has 1 saturated heterocycles. The van der Waals surface area contributed by atoms with E-state index in [1.54, 1.807) is 20.1 Å². The predicted octanol–water partition coefficient (Wildman–Crippen LogP) is 3.28. The number of piperidine rings is 1. The number of methoxy groups -OCH3 is 1. The van der Waals surface area contributed by atoms with Gasteiger partial charge in [-0.15, -0.1) is 0 Å². The van der Waals surface area contributed by atoms with E-state index in [4.69, 9.17) is 14.6 Å². The van der Waals surface area contributed by atoms with Crippen molar-refractivity contribution < 1.29 is 19.4 Å². The van der Waals surface area contributed by atoms with Gasteiger partial charge in [0, 0.05) is 50.4 Å². The third-order valence-corrected chi connectivity index (χ3v) is 6.41. The highest BCUT2D eigenvalue weighted by atomic mass is 16.5. The molecule has 1 spiro atoms. The van der Waals surface area contributed by atoms with E-state index >= 15 is 0 Å². The van der Waals surface area contributed by atoms with Gasteiger partial charge in [0.15, 0.2) is 11.5 Å². The number of nitrogens with zero attached hydrogens (tertiary/aromatic N) is 3. The first-order valence-electron chi connectivity index (χ1n) is 10.3. The maximum Gasteiger partial charge on any atom is 0.219 e. The predicted molar refractivity (Wildman–Crippen MR) is 112 cm³/mol. The summed E-state index contributed by atoms with van der Waals surface area (Å²) in [7, 11) is 1.54. The third-order valence-electron chi connectivity index (χ3n) is 6.41. The Morgan fingerprint density at radius 1 is 1.23 bits per heavy atom. The van der Waals surface area contributed by atoms with Crippen molar-refractivity contribution in [3.8, 4) is 17.2 Å². The number of hydrazone groups is 1. The minimum absolute atomic E-state index is 0.0774. The fourth-order valence-corrected chi connectivity index (χ4v) is 4.76. The Balaban J connectivity index is 1.54. The molecule has 30 heavy (non-hydrogen) atoms. The number of fused-ring (bicyclic) bond motifs is 4. The highest BCUT2D eigenvalue weighted by molar-refractivity contribution is 6.02. The molecule has 3 heterocycles. The third kappa shape index (κ3) is 2.88. The largest absolute Gasteiger partial charge is 0.504 e. The number of aromatic hydroxyl groups is 1. The number of ether oxygens (including phenoxy) is 2. The van der Waals surface area contributed by atoms with Crippen molar-refractivity contribution >= 4 is 11.6 Å². The molecule has 2 aromatic carbocycles. The van der Waals surface area contributed by atoms with E-state index in [1.807, 2.05) is 35.2 Å². The standard InChI is InChI=1S/C23H25N3O4/c1-15(27)25-11-9-23(10-12-25)26-19(17-5-3-4-6-21(17)30-23)14-18(24-26)16-7-8-20(28)22(13-16)29-2/h3-8,13,19,28H,9-12,14H2,1-2H3. The topological polar surface area (TPSA) is 74.6 Å². The molecule has 1 amide bonds. The van der Waals surface area contributed by atoms with Crippen molar-refractivity contribution in [3.05, 3.63) is 53.6 Å². The molecule has 0 saturated carbocycles. The Kier molecular flexibility index (Phi) is 4.34. The van der Waals surface area contributed by atoms with E-state index < -0.39 is 5.72 Å². The Labute approximate surface area is 175 Å². The van der Waals surface area contributed by atoms with Crippen LogP contribution in [0.2, 0.25) is 0 Å². The lowest BCUT2D eigenvalue weighted by molar-refractivity contribution is -0.158. The average Bonchev–Trinajstić information content (AvgIpc) is 3.21. The zero-order chi connectivity index (χ0) is 20.9. The average molecular weight is 407 g/mol. The molecule has 0 radical (unpaired) electrons. The zero-order valence-corrected chi connectivity index (χ0v) is 17.2. The molecule has 1 N–H and O–H groups in total. The van der Waals surface area contributed by atoms with E-state index in [-0.39, 0.29) is 17.7 Å². The minimum Gasteiger partial charge on any atom is -0.504 e. The number of carbonyl (C=O) groups excluding carboxylic acids is 1. The number of amides is 1. The zero-order valence-electron chi connectivity index (χ0n) is 17.2. The molecular formula is C23H25N3O4. The van der Waals surface area contributed by atoms with Gasteiger partial charge in [0.05, 0.1) is 18.9 Å². The van der Waals surface area contributed by atoms with Gasteiger partial charge in [-0.3, -0.25) is 4.79 Å². The summed E-state index contributed by atoms with van der Waals surface area (Å²) in [6.07, 6.45) is 2.15. The van der Waals surface area contributed by atoms with Gasteiger partial charge in [-0.25, -0.2) is 5.01 Å². The van der Waals surface area contributed by atoms with Crippen LogP contribution in [0.1, 0.15) is 43.4 Å². The van der Waals surface area contributed by atoms with Gasteiger partial charge in [-0.1, -0.05) is 18.2 Å². The summed E-state index contributed by atoms with van der Waals surface area (Å²) in [5.74, 6) is 1.54. The summed E-state index contributed by atoms with van der Waals surface area (Å²) in [4.78, 5) is 13.7. The first kappa shape index (κ1) is 18.8. The number of hydrogen-bond donors (Lipinski definition) is 1. The SMILES string of the molecule is COc1cc(C2=NN3C(C2)c2ccccc2OC32CCN(C(C)=O)CC2)ccc1O. The van der Waals surface area contributed by atoms with Crippen LogP contribution < -0.4 is 9.47 Å². The lowest BCUT2D eigenvalue weighted by Gasteiger charge is -2.51. The Hall–Kier alpha value is -3.22. The van der Waals surface area contributed by atoms with Crippen LogP contribution in [0.25, 0.3) is 0 Å². The summed E-state index contributed by atoms with van der Waals surface area (Å²) in [5.41, 5.74) is 2.43. The van der Waals surface area contributed by atoms with Crippen molar-refractivity contribution in [1.82, 2.24) is 9.91 Å². The number of carbonyl (C=O) groups is 1. The van der Waals surface area contributed by atoms with E-state index in [1.165, 1.54) is 0 Å². The van der Waals surface area contributed by atoms with Gasteiger partial charge in [-0.2, -0.15) is 5.10 Å². The Morgan fingerprint density at radius 2 is 2.00 bits per heavy atom. The highest BCUT2D eigenvalue weighted by Crippen LogP contribution is 2.50. The van der Waals surface area contributed by atoms with Crippen LogP contribution in [0.3, 0.4) is 0 Å². The summed E-state index contributed by atoms with van der Waals surface area (Å²) < 4.78 is 11.9. The molecule has 2 aromatic rings. The second-order valence-corrected chi connectivity index (χ2v) is 8.09. The Morgan fingerprint density at radius 3 is 2.73 bits per heavy atom. The normalized spacial score (nSPS) is 21.5. The molecule has 0 aromatic heterocycles. The summed E-state index contributed by atoms with van der Waals surface area (Å²) in [6, 6.07) is 13.5. The van der Waals surface area contributed by atoms with Crippen molar-refractivity contribution in [1.29, 1.82) is 0 Å². The Bertz CT molecular complexity index is 1030. The van der Waals surface area contributed by atoms with Crippen LogP contribution in [0, 0.1) is 0 Å². The van der Waals surface area contributed by atoms with Crippen molar-refractivity contribution in [2.24, 2.45) is 5.10 Å². The van der Waals surface area contributed by atoms with Crippen LogP contribution in [0.4, 0.5) is 0 Å². The number of para-hydroxylation sites is 1. The molecule has 5 rings (SSSR count). The van der Waals surface area contributed by atoms with Gasteiger partial charge in [0.25, 0.3) is 0 Å². The molecule has 1 fully saturated rings. The number of rotatable bonds is 2. The van der Waals surface area contributed by atoms with Crippen LogP contribution in [0.5, 0.6) is 17.2 Å². The summed E-state index contributed by atoms with van der Waals surface area (Å²) in [5, 5.41) is 17.1. The molecule has 0 aliphatic carbocycles.